The van der Waals surface area contributed by atoms with Crippen molar-refractivity contribution in [2.45, 2.75) is 39.5 Å². The summed E-state index contributed by atoms with van der Waals surface area (Å²) < 4.78 is 0. The first-order valence-electron chi connectivity index (χ1n) is 5.05. The van der Waals surface area contributed by atoms with Crippen molar-refractivity contribution < 1.29 is 4.79 Å². The summed E-state index contributed by atoms with van der Waals surface area (Å²) >= 11 is 5.22. The van der Waals surface area contributed by atoms with Gasteiger partial charge in [-0.2, -0.15) is 5.26 Å². The predicted molar refractivity (Wildman–Crippen MR) is 62.5 cm³/mol. The summed E-state index contributed by atoms with van der Waals surface area (Å²) in [4.78, 5) is 10.5. The Morgan fingerprint density at radius 3 is 2.53 bits per heavy atom. The van der Waals surface area contributed by atoms with Crippen molar-refractivity contribution in [2.24, 2.45) is 0 Å². The van der Waals surface area contributed by atoms with Crippen molar-refractivity contribution in [3.05, 3.63) is 23.3 Å². The Hall–Kier alpha value is -1.07. The van der Waals surface area contributed by atoms with Gasteiger partial charge < -0.3 is 0 Å². The number of nitriles is 1. The van der Waals surface area contributed by atoms with Gasteiger partial charge in [-0.15, -0.1) is 0 Å². The molecular formula is C12H16ClNO. The summed E-state index contributed by atoms with van der Waals surface area (Å²) in [7, 11) is 0. The van der Waals surface area contributed by atoms with Crippen LogP contribution in [-0.2, 0) is 4.79 Å². The fourth-order valence-corrected chi connectivity index (χ4v) is 1.20. The highest BCUT2D eigenvalue weighted by atomic mass is 35.5. The van der Waals surface area contributed by atoms with E-state index in [0.29, 0.717) is 6.42 Å². The van der Waals surface area contributed by atoms with E-state index in [1.165, 1.54) is 0 Å². The molecule has 15 heavy (non-hydrogen) atoms. The van der Waals surface area contributed by atoms with Crippen LogP contribution in [-0.4, -0.2) is 5.24 Å². The van der Waals surface area contributed by atoms with Gasteiger partial charge in [-0.3, -0.25) is 4.79 Å². The van der Waals surface area contributed by atoms with Crippen molar-refractivity contribution in [1.29, 1.82) is 5.26 Å². The van der Waals surface area contributed by atoms with Crippen molar-refractivity contribution in [1.82, 2.24) is 0 Å². The molecule has 0 spiro atoms. The van der Waals surface area contributed by atoms with Gasteiger partial charge in [0.05, 0.1) is 6.07 Å². The van der Waals surface area contributed by atoms with Gasteiger partial charge in [0.1, 0.15) is 0 Å². The summed E-state index contributed by atoms with van der Waals surface area (Å²) in [5.74, 6) is 0. The van der Waals surface area contributed by atoms with Crippen molar-refractivity contribution in [3.63, 3.8) is 0 Å². The molecule has 0 bridgehead atoms. The zero-order valence-electron chi connectivity index (χ0n) is 9.22. The van der Waals surface area contributed by atoms with Crippen LogP contribution < -0.4 is 0 Å². The molecule has 0 rings (SSSR count). The average molecular weight is 226 g/mol. The number of hydrogen-bond donors (Lipinski definition) is 0. The molecule has 0 radical (unpaired) electrons. The van der Waals surface area contributed by atoms with Crippen LogP contribution in [0.3, 0.4) is 0 Å². The largest absolute Gasteiger partial charge is 0.281 e. The summed E-state index contributed by atoms with van der Waals surface area (Å²) in [6, 6.07) is 2.12. The molecule has 0 aliphatic carbocycles. The van der Waals surface area contributed by atoms with E-state index in [9.17, 15) is 4.79 Å². The minimum absolute atomic E-state index is 0.287. The Kier molecular flexibility index (Phi) is 7.67. The fraction of sp³-hybridized carbons (Fsp3) is 0.500. The lowest BCUT2D eigenvalue weighted by Crippen LogP contribution is -1.86. The van der Waals surface area contributed by atoms with Crippen LogP contribution in [0.15, 0.2) is 23.3 Å². The molecule has 0 atom stereocenters. The summed E-state index contributed by atoms with van der Waals surface area (Å²) in [6.07, 6.45) is 6.54. The van der Waals surface area contributed by atoms with E-state index in [2.05, 4.69) is 6.07 Å². The molecule has 0 aromatic carbocycles. The van der Waals surface area contributed by atoms with Gasteiger partial charge in [-0.25, -0.2) is 0 Å². The van der Waals surface area contributed by atoms with Crippen LogP contribution in [0.25, 0.3) is 0 Å². The lowest BCUT2D eigenvalue weighted by molar-refractivity contribution is -0.111. The van der Waals surface area contributed by atoms with Crippen molar-refractivity contribution >= 4 is 16.8 Å². The Bertz CT molecular complexity index is 310. The number of allylic oxidation sites excluding steroid dienone is 4. The lowest BCUT2D eigenvalue weighted by atomic mass is 10.1. The minimum atomic E-state index is -0.287. The smallest absolute Gasteiger partial charge is 0.221 e. The molecule has 2 nitrogen and oxygen atoms in total. The van der Waals surface area contributed by atoms with E-state index in [4.69, 9.17) is 16.9 Å². The molecular weight excluding hydrogens is 210 g/mol. The first-order chi connectivity index (χ1) is 7.10. The molecule has 0 heterocycles. The van der Waals surface area contributed by atoms with Gasteiger partial charge >= 0.3 is 0 Å². The van der Waals surface area contributed by atoms with Crippen LogP contribution in [0, 0.1) is 11.3 Å². The third kappa shape index (κ3) is 7.96. The zero-order valence-corrected chi connectivity index (χ0v) is 9.97. The van der Waals surface area contributed by atoms with E-state index in [1.54, 1.807) is 0 Å². The topological polar surface area (TPSA) is 40.9 Å². The fourth-order valence-electron chi connectivity index (χ4n) is 1.07. The number of carbonyl (C=O) groups excluding carboxylic acids is 1. The molecule has 0 saturated heterocycles. The Morgan fingerprint density at radius 1 is 1.40 bits per heavy atom. The molecule has 3 heteroatoms. The van der Waals surface area contributed by atoms with E-state index >= 15 is 0 Å². The average Bonchev–Trinajstić information content (AvgIpc) is 2.18. The number of halogens is 1. The Balaban J connectivity index is 4.04. The maximum Gasteiger partial charge on any atom is 0.221 e. The van der Waals surface area contributed by atoms with Crippen LogP contribution in [0.4, 0.5) is 0 Å². The Morgan fingerprint density at radius 2 is 2.07 bits per heavy atom. The molecule has 0 aromatic heterocycles. The van der Waals surface area contributed by atoms with Gasteiger partial charge in [0.25, 0.3) is 0 Å². The summed E-state index contributed by atoms with van der Waals surface area (Å²) in [6.45, 7) is 3.93. The number of hydrogen-bond acceptors (Lipinski definition) is 2. The van der Waals surface area contributed by atoms with Gasteiger partial charge in [0.2, 0.25) is 5.24 Å². The molecule has 0 aliphatic rings. The van der Waals surface area contributed by atoms with Crippen molar-refractivity contribution in [2.75, 3.05) is 0 Å². The Labute approximate surface area is 96.2 Å². The van der Waals surface area contributed by atoms with E-state index in [1.807, 2.05) is 26.0 Å². The van der Waals surface area contributed by atoms with Gasteiger partial charge in [-0.1, -0.05) is 18.6 Å². The molecule has 0 fully saturated rings. The van der Waals surface area contributed by atoms with E-state index in [0.717, 1.165) is 30.4 Å². The predicted octanol–water partition coefficient (Wildman–Crippen LogP) is 3.73. The third-order valence-electron chi connectivity index (χ3n) is 2.04. The molecule has 0 unspecified atom stereocenters. The second-order valence-electron chi connectivity index (χ2n) is 3.38. The molecule has 0 amide bonds. The van der Waals surface area contributed by atoms with Gasteiger partial charge in [0, 0.05) is 12.0 Å². The number of carbonyl (C=O) groups is 1. The normalized spacial score (nSPS) is 12.4. The highest BCUT2D eigenvalue weighted by Crippen LogP contribution is 2.09. The molecule has 0 saturated carbocycles. The molecule has 0 aromatic rings. The first-order valence-corrected chi connectivity index (χ1v) is 5.42. The highest BCUT2D eigenvalue weighted by Gasteiger charge is 1.96. The van der Waals surface area contributed by atoms with Gasteiger partial charge in [-0.05, 0) is 43.9 Å². The quantitative estimate of drug-likeness (QED) is 0.393. The van der Waals surface area contributed by atoms with Crippen LogP contribution in [0.2, 0.25) is 0 Å². The van der Waals surface area contributed by atoms with Crippen molar-refractivity contribution in [3.8, 4) is 6.07 Å². The van der Waals surface area contributed by atoms with E-state index in [-0.39, 0.29) is 5.24 Å². The van der Waals surface area contributed by atoms with Crippen LogP contribution >= 0.6 is 11.6 Å². The number of rotatable bonds is 6. The van der Waals surface area contributed by atoms with E-state index < -0.39 is 0 Å². The lowest BCUT2D eigenvalue weighted by Gasteiger charge is -1.97. The zero-order chi connectivity index (χ0) is 11.7. The molecule has 0 N–H and O–H groups in total. The third-order valence-corrected chi connectivity index (χ3v) is 2.23. The second kappa shape index (κ2) is 8.26. The standard InChI is InChI=1S/C12H16ClNO/c1-3-11(9-14)8-7-10(2)5-4-6-12(13)15/h7-8H,3-6H2,1-2H3. The maximum absolute atomic E-state index is 10.5. The second-order valence-corrected chi connectivity index (χ2v) is 3.80. The maximum atomic E-state index is 10.5. The van der Waals surface area contributed by atoms with Crippen LogP contribution in [0.5, 0.6) is 0 Å². The molecule has 0 aliphatic heterocycles. The molecule has 82 valence electrons. The minimum Gasteiger partial charge on any atom is -0.281 e. The monoisotopic (exact) mass is 225 g/mol. The van der Waals surface area contributed by atoms with Crippen LogP contribution in [0.1, 0.15) is 39.5 Å². The number of nitrogens with zero attached hydrogens (tertiary/aromatic N) is 1. The van der Waals surface area contributed by atoms with Gasteiger partial charge in [0.15, 0.2) is 0 Å². The summed E-state index contributed by atoms with van der Waals surface area (Å²) in [5, 5.41) is 8.39. The SMILES string of the molecule is CCC(C#N)=CC=C(C)CCCC(=O)Cl. The first kappa shape index (κ1) is 13.9. The summed E-state index contributed by atoms with van der Waals surface area (Å²) in [5.41, 5.74) is 1.93. The highest BCUT2D eigenvalue weighted by molar-refractivity contribution is 6.63.